The van der Waals surface area contributed by atoms with E-state index in [0.29, 0.717) is 23.1 Å². The molecular formula is C19H15N5O2. The van der Waals surface area contributed by atoms with Gasteiger partial charge in [0.1, 0.15) is 5.69 Å². The zero-order valence-corrected chi connectivity index (χ0v) is 13.7. The lowest BCUT2D eigenvalue weighted by Gasteiger charge is -2.12. The van der Waals surface area contributed by atoms with Gasteiger partial charge >= 0.3 is 5.69 Å². The molecule has 0 saturated carbocycles. The summed E-state index contributed by atoms with van der Waals surface area (Å²) >= 11 is 0. The highest BCUT2D eigenvalue weighted by Gasteiger charge is 2.19. The molecule has 7 nitrogen and oxygen atoms in total. The van der Waals surface area contributed by atoms with E-state index in [-0.39, 0.29) is 10.6 Å². The summed E-state index contributed by atoms with van der Waals surface area (Å²) in [6.45, 7) is 0.433. The molecule has 0 fully saturated rings. The lowest BCUT2D eigenvalue weighted by atomic mass is 10.1. The first kappa shape index (κ1) is 15.8. The summed E-state index contributed by atoms with van der Waals surface area (Å²) in [4.78, 5) is 15.4. The fourth-order valence-electron chi connectivity index (χ4n) is 2.96. The number of fused-ring (bicyclic) bond motifs is 1. The molecule has 4 rings (SSSR count). The van der Waals surface area contributed by atoms with E-state index in [1.54, 1.807) is 41.3 Å². The number of aromatic nitrogens is 3. The second-order valence-electron chi connectivity index (χ2n) is 5.72. The van der Waals surface area contributed by atoms with Crippen LogP contribution in [0.3, 0.4) is 0 Å². The number of para-hydroxylation sites is 1. The number of anilines is 1. The van der Waals surface area contributed by atoms with Gasteiger partial charge in [0, 0.05) is 25.1 Å². The predicted octanol–water partition coefficient (Wildman–Crippen LogP) is 3.94. The van der Waals surface area contributed by atoms with Crippen molar-refractivity contribution in [1.29, 1.82) is 0 Å². The Morgan fingerprint density at radius 2 is 1.92 bits per heavy atom. The van der Waals surface area contributed by atoms with Crippen LogP contribution in [-0.2, 0) is 6.54 Å². The van der Waals surface area contributed by atoms with E-state index in [9.17, 15) is 10.1 Å². The summed E-state index contributed by atoms with van der Waals surface area (Å²) in [5.41, 5.74) is 3.01. The third-order valence-corrected chi connectivity index (χ3v) is 4.15. The van der Waals surface area contributed by atoms with E-state index in [2.05, 4.69) is 15.4 Å². The van der Waals surface area contributed by atoms with E-state index in [1.807, 2.05) is 36.5 Å². The van der Waals surface area contributed by atoms with Crippen LogP contribution in [0.15, 0.2) is 73.2 Å². The number of benzene rings is 2. The molecule has 26 heavy (non-hydrogen) atoms. The van der Waals surface area contributed by atoms with Crippen molar-refractivity contribution >= 4 is 22.3 Å². The molecule has 0 aliphatic rings. The van der Waals surface area contributed by atoms with Gasteiger partial charge in [-0.05, 0) is 42.0 Å². The molecule has 0 spiro atoms. The SMILES string of the molecule is O=[N+]([O-])c1c(NCc2ccccc2-n2cccn2)ccc2ncccc12. The van der Waals surface area contributed by atoms with Gasteiger partial charge in [0.05, 0.1) is 21.5 Å². The maximum atomic E-state index is 11.6. The van der Waals surface area contributed by atoms with Crippen LogP contribution in [0.1, 0.15) is 5.56 Å². The van der Waals surface area contributed by atoms with Crippen LogP contribution >= 0.6 is 0 Å². The first-order valence-electron chi connectivity index (χ1n) is 8.08. The maximum Gasteiger partial charge on any atom is 0.301 e. The summed E-state index contributed by atoms with van der Waals surface area (Å²) < 4.78 is 1.77. The Kier molecular flexibility index (Phi) is 4.03. The molecule has 0 unspecified atom stereocenters. The fraction of sp³-hybridized carbons (Fsp3) is 0.0526. The summed E-state index contributed by atoms with van der Waals surface area (Å²) in [5, 5.41) is 19.6. The van der Waals surface area contributed by atoms with Gasteiger partial charge in [-0.3, -0.25) is 15.1 Å². The molecule has 0 amide bonds. The minimum Gasteiger partial charge on any atom is -0.375 e. The Morgan fingerprint density at radius 1 is 1.04 bits per heavy atom. The van der Waals surface area contributed by atoms with Gasteiger partial charge in [0.2, 0.25) is 0 Å². The quantitative estimate of drug-likeness (QED) is 0.437. The van der Waals surface area contributed by atoms with E-state index >= 15 is 0 Å². The van der Waals surface area contributed by atoms with Crippen LogP contribution in [0.5, 0.6) is 0 Å². The summed E-state index contributed by atoms with van der Waals surface area (Å²) in [5.74, 6) is 0. The van der Waals surface area contributed by atoms with Crippen LogP contribution in [0.25, 0.3) is 16.6 Å². The van der Waals surface area contributed by atoms with Gasteiger partial charge in [-0.25, -0.2) is 4.68 Å². The van der Waals surface area contributed by atoms with Crippen molar-refractivity contribution in [3.63, 3.8) is 0 Å². The smallest absolute Gasteiger partial charge is 0.301 e. The van der Waals surface area contributed by atoms with Gasteiger partial charge in [-0.15, -0.1) is 0 Å². The summed E-state index contributed by atoms with van der Waals surface area (Å²) in [6.07, 6.45) is 5.20. The Balaban J connectivity index is 1.70. The van der Waals surface area contributed by atoms with Crippen molar-refractivity contribution in [1.82, 2.24) is 14.8 Å². The predicted molar refractivity (Wildman–Crippen MR) is 99.3 cm³/mol. The molecule has 0 aliphatic carbocycles. The average Bonchev–Trinajstić information content (AvgIpc) is 3.20. The topological polar surface area (TPSA) is 85.9 Å². The molecule has 7 heteroatoms. The Labute approximate surface area is 149 Å². The average molecular weight is 345 g/mol. The van der Waals surface area contributed by atoms with Crippen molar-refractivity contribution < 1.29 is 4.92 Å². The van der Waals surface area contributed by atoms with Crippen molar-refractivity contribution in [2.45, 2.75) is 6.54 Å². The third-order valence-electron chi connectivity index (χ3n) is 4.15. The van der Waals surface area contributed by atoms with Crippen LogP contribution in [-0.4, -0.2) is 19.7 Å². The highest BCUT2D eigenvalue weighted by molar-refractivity contribution is 5.94. The van der Waals surface area contributed by atoms with E-state index in [4.69, 9.17) is 0 Å². The normalized spacial score (nSPS) is 10.8. The molecule has 4 aromatic rings. The zero-order valence-electron chi connectivity index (χ0n) is 13.7. The zero-order chi connectivity index (χ0) is 17.9. The number of nitro groups is 1. The minimum absolute atomic E-state index is 0.0344. The van der Waals surface area contributed by atoms with Gasteiger partial charge < -0.3 is 5.32 Å². The van der Waals surface area contributed by atoms with E-state index in [1.165, 1.54) is 0 Å². The number of rotatable bonds is 5. The highest BCUT2D eigenvalue weighted by atomic mass is 16.6. The van der Waals surface area contributed by atoms with Crippen molar-refractivity contribution in [3.8, 4) is 5.69 Å². The minimum atomic E-state index is -0.369. The Morgan fingerprint density at radius 3 is 2.73 bits per heavy atom. The van der Waals surface area contributed by atoms with Crippen LogP contribution < -0.4 is 5.32 Å². The van der Waals surface area contributed by atoms with Crippen molar-refractivity contribution in [2.75, 3.05) is 5.32 Å². The molecular weight excluding hydrogens is 330 g/mol. The van der Waals surface area contributed by atoms with E-state index < -0.39 is 0 Å². The maximum absolute atomic E-state index is 11.6. The number of hydrogen-bond donors (Lipinski definition) is 1. The van der Waals surface area contributed by atoms with Crippen LogP contribution in [0.2, 0.25) is 0 Å². The number of nitro benzene ring substituents is 1. The molecule has 2 aromatic carbocycles. The molecule has 0 saturated heterocycles. The molecule has 1 N–H and O–H groups in total. The largest absolute Gasteiger partial charge is 0.375 e. The standard InChI is InChI=1S/C19H15N5O2/c25-24(26)19-15-6-3-10-20-16(15)8-9-17(19)21-13-14-5-1-2-7-18(14)23-12-4-11-22-23/h1-12,21H,13H2. The monoisotopic (exact) mass is 345 g/mol. The lowest BCUT2D eigenvalue weighted by Crippen LogP contribution is -2.07. The van der Waals surface area contributed by atoms with Crippen LogP contribution in [0.4, 0.5) is 11.4 Å². The first-order valence-corrected chi connectivity index (χ1v) is 8.08. The highest BCUT2D eigenvalue weighted by Crippen LogP contribution is 2.33. The molecule has 0 radical (unpaired) electrons. The second-order valence-corrected chi connectivity index (χ2v) is 5.72. The van der Waals surface area contributed by atoms with Gasteiger partial charge in [0.25, 0.3) is 0 Å². The summed E-state index contributed by atoms with van der Waals surface area (Å²) in [6, 6.07) is 16.5. The fourth-order valence-corrected chi connectivity index (χ4v) is 2.96. The molecule has 0 bridgehead atoms. The van der Waals surface area contributed by atoms with Crippen molar-refractivity contribution in [2.24, 2.45) is 0 Å². The number of pyridine rings is 1. The summed E-state index contributed by atoms with van der Waals surface area (Å²) in [7, 11) is 0. The number of nitrogens with zero attached hydrogens (tertiary/aromatic N) is 4. The van der Waals surface area contributed by atoms with Gasteiger partial charge in [-0.2, -0.15) is 5.10 Å². The second kappa shape index (κ2) is 6.64. The molecule has 128 valence electrons. The molecule has 2 heterocycles. The van der Waals surface area contributed by atoms with Gasteiger partial charge in [0.15, 0.2) is 0 Å². The Hall–Kier alpha value is -3.74. The third kappa shape index (κ3) is 2.86. The van der Waals surface area contributed by atoms with Crippen LogP contribution in [0, 0.1) is 10.1 Å². The number of nitrogens with one attached hydrogen (secondary N) is 1. The number of hydrogen-bond acceptors (Lipinski definition) is 5. The van der Waals surface area contributed by atoms with Crippen molar-refractivity contribution in [3.05, 3.63) is 88.9 Å². The molecule has 2 aromatic heterocycles. The first-order chi connectivity index (χ1) is 12.7. The van der Waals surface area contributed by atoms with Gasteiger partial charge in [-0.1, -0.05) is 18.2 Å². The lowest BCUT2D eigenvalue weighted by molar-refractivity contribution is -0.382. The van der Waals surface area contributed by atoms with E-state index in [0.717, 1.165) is 11.3 Å². The molecule has 0 aliphatic heterocycles. The molecule has 0 atom stereocenters. The Bertz CT molecular complexity index is 1080.